The second kappa shape index (κ2) is 6.09. The number of nitro benzene ring substituents is 1. The largest absolute Gasteiger partial charge is 0.502 e. The summed E-state index contributed by atoms with van der Waals surface area (Å²) in [5, 5.41) is 23.1. The topological polar surface area (TPSA) is 102 Å². The molecule has 0 aromatic heterocycles. The summed E-state index contributed by atoms with van der Waals surface area (Å²) in [5.74, 6) is -0.868. The molecule has 1 aliphatic heterocycles. The van der Waals surface area contributed by atoms with E-state index < -0.39 is 16.4 Å². The van der Waals surface area contributed by atoms with E-state index in [4.69, 9.17) is 4.74 Å². The van der Waals surface area contributed by atoms with Gasteiger partial charge in [-0.25, -0.2) is 0 Å². The van der Waals surface area contributed by atoms with Crippen LogP contribution in [0.15, 0.2) is 18.2 Å². The normalized spacial score (nSPS) is 25.3. The number of phenolic OH excluding ortho intramolecular Hbond substituents is 1. The van der Waals surface area contributed by atoms with Gasteiger partial charge in [-0.15, -0.1) is 0 Å². The lowest BCUT2D eigenvalue weighted by molar-refractivity contribution is -0.385. The number of hydrogen-bond acceptors (Lipinski definition) is 5. The minimum absolute atomic E-state index is 0.00594. The maximum atomic E-state index is 12.1. The third kappa shape index (κ3) is 3.69. The highest BCUT2D eigenvalue weighted by Crippen LogP contribution is 2.26. The molecule has 0 spiro atoms. The number of nitrogens with one attached hydrogen (secondary N) is 1. The molecular weight excluding hydrogens is 276 g/mol. The number of carbonyl (C=O) groups excluding carboxylic acids is 1. The number of nitrogens with zero attached hydrogens (tertiary/aromatic N) is 1. The number of benzene rings is 1. The highest BCUT2D eigenvalue weighted by atomic mass is 16.6. The van der Waals surface area contributed by atoms with Gasteiger partial charge in [-0.05, 0) is 38.8 Å². The number of ether oxygens (including phenoxy) is 1. The Balaban J connectivity index is 2.06. The first kappa shape index (κ1) is 15.2. The molecule has 7 nitrogen and oxygen atoms in total. The summed E-state index contributed by atoms with van der Waals surface area (Å²) in [4.78, 5) is 22.1. The van der Waals surface area contributed by atoms with Crippen molar-refractivity contribution in [3.05, 3.63) is 33.9 Å². The average molecular weight is 294 g/mol. The van der Waals surface area contributed by atoms with Crippen LogP contribution in [0.3, 0.4) is 0 Å². The van der Waals surface area contributed by atoms with Gasteiger partial charge in [-0.1, -0.05) is 0 Å². The summed E-state index contributed by atoms with van der Waals surface area (Å²) in [6.45, 7) is 3.90. The Hall–Kier alpha value is -2.15. The zero-order valence-corrected chi connectivity index (χ0v) is 11.9. The monoisotopic (exact) mass is 294 g/mol. The predicted molar refractivity (Wildman–Crippen MR) is 75.3 cm³/mol. The summed E-state index contributed by atoms with van der Waals surface area (Å²) in [5.41, 5.74) is -0.218. The van der Waals surface area contributed by atoms with E-state index in [1.807, 2.05) is 13.8 Å². The number of hydrogen-bond donors (Lipinski definition) is 2. The summed E-state index contributed by atoms with van der Waals surface area (Å²) < 4.78 is 5.60. The highest BCUT2D eigenvalue weighted by molar-refractivity contribution is 5.95. The number of carbonyl (C=O) groups is 1. The number of aromatic hydroxyl groups is 1. The SMILES string of the molecule is CC1CC(NC(=O)c2ccc([N+](=O)[O-])c(O)c2)CC(C)O1. The molecule has 0 bridgehead atoms. The number of amides is 1. The van der Waals surface area contributed by atoms with Crippen molar-refractivity contribution in [1.29, 1.82) is 0 Å². The molecule has 1 saturated heterocycles. The molecule has 1 aromatic carbocycles. The Bertz CT molecular complexity index is 550. The van der Waals surface area contributed by atoms with Gasteiger partial charge < -0.3 is 15.2 Å². The maximum Gasteiger partial charge on any atom is 0.310 e. The average Bonchev–Trinajstić information content (AvgIpc) is 2.36. The lowest BCUT2D eigenvalue weighted by atomic mass is 9.99. The lowest BCUT2D eigenvalue weighted by Crippen LogP contribution is -2.43. The van der Waals surface area contributed by atoms with E-state index in [9.17, 15) is 20.0 Å². The second-order valence-electron chi connectivity index (χ2n) is 5.36. The molecule has 1 heterocycles. The van der Waals surface area contributed by atoms with Gasteiger partial charge in [0.1, 0.15) is 0 Å². The standard InChI is InChI=1S/C14H18N2O5/c1-8-5-11(6-9(2)21-8)15-14(18)10-3-4-12(16(19)20)13(17)7-10/h3-4,7-9,11,17H,5-6H2,1-2H3,(H,15,18). The molecule has 21 heavy (non-hydrogen) atoms. The van der Waals surface area contributed by atoms with Gasteiger partial charge in [-0.3, -0.25) is 14.9 Å². The third-order valence-corrected chi connectivity index (χ3v) is 3.47. The number of rotatable bonds is 3. The van der Waals surface area contributed by atoms with Crippen molar-refractivity contribution in [3.63, 3.8) is 0 Å². The maximum absolute atomic E-state index is 12.1. The van der Waals surface area contributed by atoms with Crippen LogP contribution in [0.25, 0.3) is 0 Å². The lowest BCUT2D eigenvalue weighted by Gasteiger charge is -2.32. The molecule has 2 N–H and O–H groups in total. The van der Waals surface area contributed by atoms with E-state index >= 15 is 0 Å². The van der Waals surface area contributed by atoms with Crippen LogP contribution in [0.2, 0.25) is 0 Å². The van der Waals surface area contributed by atoms with Crippen molar-refractivity contribution in [2.24, 2.45) is 0 Å². The van der Waals surface area contributed by atoms with Crippen molar-refractivity contribution < 1.29 is 19.6 Å². The molecule has 114 valence electrons. The molecule has 1 aliphatic rings. The first-order chi connectivity index (χ1) is 9.86. The van der Waals surface area contributed by atoms with E-state index in [1.165, 1.54) is 6.07 Å². The minimum Gasteiger partial charge on any atom is -0.502 e. The summed E-state index contributed by atoms with van der Waals surface area (Å²) in [7, 11) is 0. The van der Waals surface area contributed by atoms with Crippen molar-refractivity contribution in [2.45, 2.75) is 44.9 Å². The number of nitro groups is 1. The Morgan fingerprint density at radius 1 is 1.38 bits per heavy atom. The molecule has 1 fully saturated rings. The fourth-order valence-electron chi connectivity index (χ4n) is 2.61. The fraction of sp³-hybridized carbons (Fsp3) is 0.500. The molecule has 1 aromatic rings. The van der Waals surface area contributed by atoms with Gasteiger partial charge in [0.25, 0.3) is 5.91 Å². The van der Waals surface area contributed by atoms with Gasteiger partial charge >= 0.3 is 5.69 Å². The molecule has 2 rings (SSSR count). The Morgan fingerprint density at radius 3 is 2.52 bits per heavy atom. The number of phenols is 1. The van der Waals surface area contributed by atoms with Gasteiger partial charge in [-0.2, -0.15) is 0 Å². The molecular formula is C14H18N2O5. The van der Waals surface area contributed by atoms with E-state index in [0.717, 1.165) is 25.0 Å². The zero-order chi connectivity index (χ0) is 15.6. The van der Waals surface area contributed by atoms with Gasteiger partial charge in [0.15, 0.2) is 5.75 Å². The Kier molecular flexibility index (Phi) is 4.42. The van der Waals surface area contributed by atoms with Crippen LogP contribution in [0.5, 0.6) is 5.75 Å². The molecule has 2 atom stereocenters. The summed E-state index contributed by atoms with van der Waals surface area (Å²) in [6.07, 6.45) is 1.58. The van der Waals surface area contributed by atoms with Crippen LogP contribution in [0.1, 0.15) is 37.0 Å². The van der Waals surface area contributed by atoms with Crippen LogP contribution in [-0.4, -0.2) is 34.2 Å². The molecule has 2 unspecified atom stereocenters. The third-order valence-electron chi connectivity index (χ3n) is 3.47. The highest BCUT2D eigenvalue weighted by Gasteiger charge is 2.26. The van der Waals surface area contributed by atoms with E-state index in [0.29, 0.717) is 0 Å². The van der Waals surface area contributed by atoms with Crippen LogP contribution in [0, 0.1) is 10.1 Å². The van der Waals surface area contributed by atoms with Crippen LogP contribution in [0.4, 0.5) is 5.69 Å². The van der Waals surface area contributed by atoms with Crippen LogP contribution in [-0.2, 0) is 4.74 Å². The Morgan fingerprint density at radius 2 is 2.00 bits per heavy atom. The quantitative estimate of drug-likeness (QED) is 0.655. The summed E-state index contributed by atoms with van der Waals surface area (Å²) in [6, 6.07) is 3.56. The van der Waals surface area contributed by atoms with E-state index in [2.05, 4.69) is 5.32 Å². The van der Waals surface area contributed by atoms with Crippen LogP contribution < -0.4 is 5.32 Å². The molecule has 1 amide bonds. The van der Waals surface area contributed by atoms with Gasteiger partial charge in [0, 0.05) is 17.7 Å². The first-order valence-corrected chi connectivity index (χ1v) is 6.80. The predicted octanol–water partition coefficient (Wildman–Crippen LogP) is 1.99. The minimum atomic E-state index is -0.696. The van der Waals surface area contributed by atoms with Crippen molar-refractivity contribution >= 4 is 11.6 Å². The Labute approximate surface area is 122 Å². The van der Waals surface area contributed by atoms with Gasteiger partial charge in [0.2, 0.25) is 0 Å². The van der Waals surface area contributed by atoms with E-state index in [1.54, 1.807) is 0 Å². The second-order valence-corrected chi connectivity index (χ2v) is 5.36. The molecule has 0 saturated carbocycles. The smallest absolute Gasteiger partial charge is 0.310 e. The van der Waals surface area contributed by atoms with Crippen LogP contribution >= 0.6 is 0 Å². The molecule has 7 heteroatoms. The van der Waals surface area contributed by atoms with E-state index in [-0.39, 0.29) is 29.7 Å². The zero-order valence-electron chi connectivity index (χ0n) is 11.9. The summed E-state index contributed by atoms with van der Waals surface area (Å²) >= 11 is 0. The molecule has 0 radical (unpaired) electrons. The van der Waals surface area contributed by atoms with Crippen molar-refractivity contribution in [1.82, 2.24) is 5.32 Å². The molecule has 0 aliphatic carbocycles. The van der Waals surface area contributed by atoms with Gasteiger partial charge in [0.05, 0.1) is 17.1 Å². The van der Waals surface area contributed by atoms with Crippen molar-refractivity contribution in [2.75, 3.05) is 0 Å². The van der Waals surface area contributed by atoms with Crippen molar-refractivity contribution in [3.8, 4) is 5.75 Å². The fourth-order valence-corrected chi connectivity index (χ4v) is 2.61. The first-order valence-electron chi connectivity index (χ1n) is 6.80.